The average molecular weight is 515 g/mol. The van der Waals surface area contributed by atoms with Gasteiger partial charge in [-0.2, -0.15) is 0 Å². The number of rotatable bonds is 9. The third kappa shape index (κ3) is 11.4. The van der Waals surface area contributed by atoms with Crippen LogP contribution >= 0.6 is 24.0 Å². The number of guanidine groups is 1. The highest BCUT2D eigenvalue weighted by Gasteiger charge is 2.20. The van der Waals surface area contributed by atoms with E-state index in [1.54, 1.807) is 25.2 Å². The van der Waals surface area contributed by atoms with E-state index in [2.05, 4.69) is 15.6 Å². The van der Waals surface area contributed by atoms with Gasteiger partial charge in [0.1, 0.15) is 15.9 Å². The predicted molar refractivity (Wildman–Crippen MR) is 119 cm³/mol. The Morgan fingerprint density at radius 2 is 1.93 bits per heavy atom. The molecule has 1 aromatic rings. The maximum atomic E-state index is 13.6. The molecule has 0 aliphatic heterocycles. The summed E-state index contributed by atoms with van der Waals surface area (Å²) in [5.74, 6) is 0.559. The number of nitrogens with one attached hydrogen (secondary N) is 2. The Morgan fingerprint density at radius 1 is 1.30 bits per heavy atom. The van der Waals surface area contributed by atoms with E-state index in [1.807, 2.05) is 20.8 Å². The van der Waals surface area contributed by atoms with E-state index >= 15 is 0 Å². The molecule has 0 heterocycles. The van der Waals surface area contributed by atoms with Crippen molar-refractivity contribution in [1.29, 1.82) is 0 Å². The molecular formula is C18H31FIN3O3S. The fourth-order valence-electron chi connectivity index (χ4n) is 2.13. The largest absolute Gasteiger partial charge is 0.486 e. The summed E-state index contributed by atoms with van der Waals surface area (Å²) < 4.78 is 41.8. The van der Waals surface area contributed by atoms with E-state index in [4.69, 9.17) is 4.74 Å². The normalized spacial score (nSPS) is 13.5. The first kappa shape index (κ1) is 25.9. The molecule has 9 heteroatoms. The first-order valence-electron chi connectivity index (χ1n) is 8.56. The molecule has 0 fully saturated rings. The molecule has 156 valence electrons. The molecule has 0 aliphatic carbocycles. The molecule has 1 aromatic carbocycles. The molecule has 6 nitrogen and oxygen atoms in total. The number of benzene rings is 1. The minimum absolute atomic E-state index is 0. The van der Waals surface area contributed by atoms with Gasteiger partial charge in [0, 0.05) is 19.8 Å². The summed E-state index contributed by atoms with van der Waals surface area (Å²) in [5, 5.41) is 6.32. The number of aliphatic imine (C=N–C) groups is 1. The Kier molecular flexibility index (Phi) is 11.2. The summed E-state index contributed by atoms with van der Waals surface area (Å²) in [6, 6.07) is 6.28. The van der Waals surface area contributed by atoms with E-state index in [0.29, 0.717) is 25.5 Å². The standard InChI is InChI=1S/C18H30FN3O3S.HI/c1-14(25-16-9-7-6-8-15(16)19)12-21-17(20-4)22-13-18(2,3)10-11-26(5,23)24;/h6-9,14H,10-13H2,1-5H3,(H2,20,21,22);1H. The van der Waals surface area contributed by atoms with Gasteiger partial charge in [-0.1, -0.05) is 26.0 Å². The first-order chi connectivity index (χ1) is 12.0. The van der Waals surface area contributed by atoms with Gasteiger partial charge in [-0.15, -0.1) is 24.0 Å². The average Bonchev–Trinajstić information content (AvgIpc) is 2.55. The van der Waals surface area contributed by atoms with Crippen molar-refractivity contribution in [3.8, 4) is 5.75 Å². The molecule has 0 spiro atoms. The van der Waals surface area contributed by atoms with Crippen molar-refractivity contribution in [2.75, 3.05) is 32.1 Å². The summed E-state index contributed by atoms with van der Waals surface area (Å²) in [6.07, 6.45) is 1.54. The van der Waals surface area contributed by atoms with Crippen LogP contribution in [0, 0.1) is 11.2 Å². The molecule has 0 aliphatic rings. The Labute approximate surface area is 179 Å². The number of para-hydroxylation sites is 1. The smallest absolute Gasteiger partial charge is 0.191 e. The Balaban J connectivity index is 0.00000676. The third-order valence-corrected chi connectivity index (χ3v) is 4.78. The predicted octanol–water partition coefficient (Wildman–Crippen LogP) is 2.84. The molecule has 1 rings (SSSR count). The molecule has 1 atom stereocenters. The maximum Gasteiger partial charge on any atom is 0.191 e. The summed E-state index contributed by atoms with van der Waals surface area (Å²) >= 11 is 0. The summed E-state index contributed by atoms with van der Waals surface area (Å²) in [4.78, 5) is 4.14. The van der Waals surface area contributed by atoms with Crippen molar-refractivity contribution in [3.63, 3.8) is 0 Å². The number of ether oxygens (including phenoxy) is 1. The second kappa shape index (κ2) is 11.7. The van der Waals surface area contributed by atoms with Crippen LogP contribution < -0.4 is 15.4 Å². The van der Waals surface area contributed by atoms with Crippen LogP contribution in [-0.2, 0) is 9.84 Å². The summed E-state index contributed by atoms with van der Waals surface area (Å²) in [6.45, 7) is 6.86. The Bertz CT molecular complexity index is 712. The van der Waals surface area contributed by atoms with Crippen LogP contribution in [0.3, 0.4) is 0 Å². The van der Waals surface area contributed by atoms with E-state index in [0.717, 1.165) is 0 Å². The highest BCUT2D eigenvalue weighted by molar-refractivity contribution is 14.0. The molecule has 0 radical (unpaired) electrons. The van der Waals surface area contributed by atoms with Crippen LogP contribution in [0.15, 0.2) is 29.3 Å². The van der Waals surface area contributed by atoms with Crippen molar-refractivity contribution in [2.24, 2.45) is 10.4 Å². The highest BCUT2D eigenvalue weighted by Crippen LogP contribution is 2.20. The lowest BCUT2D eigenvalue weighted by atomic mass is 9.90. The van der Waals surface area contributed by atoms with Gasteiger partial charge in [0.2, 0.25) is 0 Å². The first-order valence-corrected chi connectivity index (χ1v) is 10.6. The van der Waals surface area contributed by atoms with Gasteiger partial charge in [-0.3, -0.25) is 4.99 Å². The lowest BCUT2D eigenvalue weighted by Gasteiger charge is -2.26. The van der Waals surface area contributed by atoms with Gasteiger partial charge in [0.25, 0.3) is 0 Å². The van der Waals surface area contributed by atoms with Crippen molar-refractivity contribution < 1.29 is 17.5 Å². The van der Waals surface area contributed by atoms with Crippen LogP contribution in [0.25, 0.3) is 0 Å². The topological polar surface area (TPSA) is 79.8 Å². The van der Waals surface area contributed by atoms with Gasteiger partial charge in [0.05, 0.1) is 12.3 Å². The second-order valence-corrected chi connectivity index (χ2v) is 9.47. The number of halogens is 2. The fourth-order valence-corrected chi connectivity index (χ4v) is 3.06. The number of hydrogen-bond donors (Lipinski definition) is 2. The molecule has 0 amide bonds. The van der Waals surface area contributed by atoms with E-state index in [9.17, 15) is 12.8 Å². The zero-order valence-electron chi connectivity index (χ0n) is 16.6. The van der Waals surface area contributed by atoms with E-state index in [1.165, 1.54) is 12.3 Å². The zero-order chi connectivity index (χ0) is 19.8. The van der Waals surface area contributed by atoms with Crippen LogP contribution in [0.1, 0.15) is 27.2 Å². The summed E-state index contributed by atoms with van der Waals surface area (Å²) in [7, 11) is -1.32. The van der Waals surface area contributed by atoms with Crippen molar-refractivity contribution in [3.05, 3.63) is 30.1 Å². The molecule has 1 unspecified atom stereocenters. The molecular weight excluding hydrogens is 484 g/mol. The van der Waals surface area contributed by atoms with Crippen LogP contribution in [0.4, 0.5) is 4.39 Å². The van der Waals surface area contributed by atoms with E-state index in [-0.39, 0.29) is 47.0 Å². The minimum atomic E-state index is -2.98. The number of hydrogen-bond acceptors (Lipinski definition) is 4. The molecule has 0 saturated heterocycles. The maximum absolute atomic E-state index is 13.6. The van der Waals surface area contributed by atoms with Crippen molar-refractivity contribution >= 4 is 39.8 Å². The van der Waals surface area contributed by atoms with Crippen LogP contribution in [0.5, 0.6) is 5.75 Å². The quantitative estimate of drug-likeness (QED) is 0.301. The Morgan fingerprint density at radius 3 is 2.48 bits per heavy atom. The molecule has 27 heavy (non-hydrogen) atoms. The van der Waals surface area contributed by atoms with Gasteiger partial charge >= 0.3 is 0 Å². The third-order valence-electron chi connectivity index (χ3n) is 3.83. The zero-order valence-corrected chi connectivity index (χ0v) is 19.7. The highest BCUT2D eigenvalue weighted by atomic mass is 127. The summed E-state index contributed by atoms with van der Waals surface area (Å²) in [5.41, 5.74) is -0.198. The van der Waals surface area contributed by atoms with Gasteiger partial charge in [-0.05, 0) is 30.9 Å². The van der Waals surface area contributed by atoms with Crippen LogP contribution in [-0.4, -0.2) is 52.6 Å². The van der Waals surface area contributed by atoms with Crippen LogP contribution in [0.2, 0.25) is 0 Å². The molecule has 0 saturated carbocycles. The van der Waals surface area contributed by atoms with E-state index < -0.39 is 15.7 Å². The lowest BCUT2D eigenvalue weighted by Crippen LogP contribution is -2.45. The van der Waals surface area contributed by atoms with Crippen molar-refractivity contribution in [1.82, 2.24) is 10.6 Å². The van der Waals surface area contributed by atoms with Gasteiger partial charge in [0.15, 0.2) is 17.5 Å². The van der Waals surface area contributed by atoms with Crippen molar-refractivity contribution in [2.45, 2.75) is 33.3 Å². The molecule has 0 aromatic heterocycles. The van der Waals surface area contributed by atoms with Gasteiger partial charge < -0.3 is 15.4 Å². The monoisotopic (exact) mass is 515 g/mol. The fraction of sp³-hybridized carbons (Fsp3) is 0.611. The number of nitrogens with zero attached hydrogens (tertiary/aromatic N) is 1. The SMILES string of the molecule is CN=C(NCC(C)Oc1ccccc1F)NCC(C)(C)CCS(C)(=O)=O.I. The molecule has 0 bridgehead atoms. The molecule has 2 N–H and O–H groups in total. The Hall–Kier alpha value is -1.10. The second-order valence-electron chi connectivity index (χ2n) is 7.21. The lowest BCUT2D eigenvalue weighted by molar-refractivity contribution is 0.214. The minimum Gasteiger partial charge on any atom is -0.486 e. The number of sulfone groups is 1. The van der Waals surface area contributed by atoms with Gasteiger partial charge in [-0.25, -0.2) is 12.8 Å².